The highest BCUT2D eigenvalue weighted by Gasteiger charge is 2.33. The van der Waals surface area contributed by atoms with Gasteiger partial charge in [-0.2, -0.15) is 0 Å². The molecular weight excluding hydrogens is 284 g/mol. The van der Waals surface area contributed by atoms with Crippen LogP contribution in [-0.2, 0) is 8.37 Å². The van der Waals surface area contributed by atoms with Gasteiger partial charge in [-0.05, 0) is 37.0 Å². The summed E-state index contributed by atoms with van der Waals surface area (Å²) in [5.41, 5.74) is 0. The average Bonchev–Trinajstić information content (AvgIpc) is 2.41. The molecule has 18 heavy (non-hydrogen) atoms. The van der Waals surface area contributed by atoms with Gasteiger partial charge in [0.05, 0.1) is 0 Å². The van der Waals surface area contributed by atoms with E-state index in [9.17, 15) is 0 Å². The van der Waals surface area contributed by atoms with Gasteiger partial charge < -0.3 is 0 Å². The minimum Gasteiger partial charge on any atom is -0.295 e. The number of hydrogen-bond acceptors (Lipinski definition) is 5. The predicted molar refractivity (Wildman–Crippen MR) is 87.3 cm³/mol. The summed E-state index contributed by atoms with van der Waals surface area (Å²) >= 11 is 4.29. The second kappa shape index (κ2) is 9.37. The van der Waals surface area contributed by atoms with Gasteiger partial charge in [0.15, 0.2) is 4.93 Å². The minimum atomic E-state index is -0.365. The van der Waals surface area contributed by atoms with Crippen molar-refractivity contribution in [2.24, 2.45) is 0 Å². The molecule has 5 heteroatoms. The van der Waals surface area contributed by atoms with E-state index in [1.54, 1.807) is 17.2 Å². The molecule has 0 N–H and O–H groups in total. The van der Waals surface area contributed by atoms with Crippen LogP contribution in [0.3, 0.4) is 0 Å². The summed E-state index contributed by atoms with van der Waals surface area (Å²) in [5.74, 6) is 0. The molecule has 1 unspecified atom stereocenters. The van der Waals surface area contributed by atoms with Crippen LogP contribution in [0.1, 0.15) is 47.0 Å². The molecule has 2 nitrogen and oxygen atoms in total. The average molecular weight is 309 g/mol. The molecule has 0 aliphatic heterocycles. The van der Waals surface area contributed by atoms with Gasteiger partial charge in [0.25, 0.3) is 0 Å². The Morgan fingerprint density at radius 3 is 2.00 bits per heavy atom. The molecule has 0 rings (SSSR count). The van der Waals surface area contributed by atoms with Crippen LogP contribution in [-0.4, -0.2) is 9.87 Å². The van der Waals surface area contributed by atoms with Crippen molar-refractivity contribution in [3.8, 4) is 0 Å². The first-order valence-electron chi connectivity index (χ1n) is 6.12. The summed E-state index contributed by atoms with van der Waals surface area (Å²) in [6.07, 6.45) is 2.73. The monoisotopic (exact) mass is 308 g/mol. The van der Waals surface area contributed by atoms with Crippen LogP contribution < -0.4 is 0 Å². The molecule has 0 saturated heterocycles. The maximum absolute atomic E-state index is 6.06. The predicted octanol–water partition coefficient (Wildman–Crippen LogP) is 5.98. The molecule has 0 radical (unpaired) electrons. The van der Waals surface area contributed by atoms with Crippen LogP contribution in [0.15, 0.2) is 24.0 Å². The smallest absolute Gasteiger partial charge is 0.151 e. The van der Waals surface area contributed by atoms with Gasteiger partial charge in [0.2, 0.25) is 0 Å². The van der Waals surface area contributed by atoms with E-state index in [1.807, 2.05) is 12.3 Å². The minimum absolute atomic E-state index is 0.217. The van der Waals surface area contributed by atoms with Crippen LogP contribution >= 0.6 is 35.8 Å². The van der Waals surface area contributed by atoms with Gasteiger partial charge in [-0.15, -0.1) is 0 Å². The molecule has 0 aromatic carbocycles. The van der Waals surface area contributed by atoms with Crippen LogP contribution in [0.4, 0.5) is 0 Å². The van der Waals surface area contributed by atoms with Gasteiger partial charge >= 0.3 is 0 Å². The molecule has 0 aromatic rings. The molecule has 0 amide bonds. The third kappa shape index (κ3) is 6.06. The van der Waals surface area contributed by atoms with Crippen molar-refractivity contribution in [1.82, 2.24) is 0 Å². The van der Waals surface area contributed by atoms with Crippen molar-refractivity contribution in [2.45, 2.75) is 56.8 Å². The van der Waals surface area contributed by atoms with Crippen molar-refractivity contribution in [2.75, 3.05) is 0 Å². The third-order valence-corrected chi connectivity index (χ3v) is 5.87. The fourth-order valence-corrected chi connectivity index (χ4v) is 3.33. The van der Waals surface area contributed by atoms with Gasteiger partial charge in [-0.3, -0.25) is 8.37 Å². The first-order chi connectivity index (χ1) is 8.51. The van der Waals surface area contributed by atoms with Crippen LogP contribution in [0.2, 0.25) is 0 Å². The normalized spacial score (nSPS) is 15.1. The quantitative estimate of drug-likeness (QED) is 0.344. The Kier molecular flexibility index (Phi) is 9.60. The largest absolute Gasteiger partial charge is 0.295 e. The molecule has 1 atom stereocenters. The molecule has 0 aliphatic carbocycles. The fourth-order valence-electron chi connectivity index (χ4n) is 1.14. The van der Waals surface area contributed by atoms with Crippen molar-refractivity contribution in [1.29, 1.82) is 0 Å². The Morgan fingerprint density at radius 2 is 1.61 bits per heavy atom. The summed E-state index contributed by atoms with van der Waals surface area (Å²) in [5, 5.41) is 3.52. The maximum atomic E-state index is 6.06. The Hall–Kier alpha value is 0.450. The van der Waals surface area contributed by atoms with E-state index >= 15 is 0 Å². The first kappa shape index (κ1) is 18.4. The molecule has 0 aliphatic rings. The zero-order chi connectivity index (χ0) is 14.1. The Labute approximate surface area is 125 Å². The van der Waals surface area contributed by atoms with Gasteiger partial charge in [-0.1, -0.05) is 45.7 Å². The third-order valence-electron chi connectivity index (χ3n) is 2.68. The zero-order valence-corrected chi connectivity index (χ0v) is 14.2. The molecule has 106 valence electrons. The molecule has 0 saturated carbocycles. The van der Waals surface area contributed by atoms with E-state index in [1.165, 1.54) is 24.1 Å². The van der Waals surface area contributed by atoms with Crippen LogP contribution in [0.25, 0.3) is 0 Å². The van der Waals surface area contributed by atoms with E-state index in [2.05, 4.69) is 33.9 Å². The molecule has 0 heterocycles. The van der Waals surface area contributed by atoms with Crippen molar-refractivity contribution in [3.05, 3.63) is 24.0 Å². The number of thioether (sulfide) groups is 1. The lowest BCUT2D eigenvalue weighted by molar-refractivity contribution is 0.156. The lowest BCUT2D eigenvalue weighted by Gasteiger charge is -2.33. The Morgan fingerprint density at radius 1 is 1.00 bits per heavy atom. The van der Waals surface area contributed by atoms with E-state index in [0.717, 1.165) is 19.3 Å². The highest BCUT2D eigenvalue weighted by atomic mass is 32.2. The number of rotatable bonds is 11. The SMILES string of the molecule is C=CSOC(C)(CC)SOC(CC)(CC)SC=C. The summed E-state index contributed by atoms with van der Waals surface area (Å²) in [6, 6.07) is 0. The van der Waals surface area contributed by atoms with E-state index < -0.39 is 0 Å². The van der Waals surface area contributed by atoms with Crippen molar-refractivity contribution < 1.29 is 8.37 Å². The van der Waals surface area contributed by atoms with Gasteiger partial charge in [0.1, 0.15) is 4.93 Å². The highest BCUT2D eigenvalue weighted by molar-refractivity contribution is 8.04. The van der Waals surface area contributed by atoms with Gasteiger partial charge in [0, 0.05) is 24.1 Å². The first-order valence-corrected chi connectivity index (χ1v) is 8.55. The molecular formula is C13H24O2S3. The summed E-state index contributed by atoms with van der Waals surface area (Å²) in [6.45, 7) is 15.8. The van der Waals surface area contributed by atoms with E-state index in [0.29, 0.717) is 0 Å². The second-order valence-corrected chi connectivity index (χ2v) is 7.10. The van der Waals surface area contributed by atoms with Crippen molar-refractivity contribution in [3.63, 3.8) is 0 Å². The Bertz CT molecular complexity index is 255. The lowest BCUT2D eigenvalue weighted by atomic mass is 10.2. The van der Waals surface area contributed by atoms with Crippen molar-refractivity contribution >= 4 is 35.8 Å². The van der Waals surface area contributed by atoms with Gasteiger partial charge in [-0.25, -0.2) is 0 Å². The maximum Gasteiger partial charge on any atom is 0.151 e. The van der Waals surface area contributed by atoms with E-state index in [-0.39, 0.29) is 9.87 Å². The second-order valence-electron chi connectivity index (χ2n) is 3.90. The fraction of sp³-hybridized carbons (Fsp3) is 0.692. The molecule has 0 fully saturated rings. The Balaban J connectivity index is 4.55. The van der Waals surface area contributed by atoms with Crippen LogP contribution in [0, 0.1) is 0 Å². The summed E-state index contributed by atoms with van der Waals surface area (Å²) < 4.78 is 11.7. The summed E-state index contributed by atoms with van der Waals surface area (Å²) in [7, 11) is 0. The summed E-state index contributed by atoms with van der Waals surface area (Å²) in [4.78, 5) is -0.582. The lowest BCUT2D eigenvalue weighted by Crippen LogP contribution is -2.28. The van der Waals surface area contributed by atoms with E-state index in [4.69, 9.17) is 8.37 Å². The topological polar surface area (TPSA) is 18.5 Å². The molecule has 0 spiro atoms. The highest BCUT2D eigenvalue weighted by Crippen LogP contribution is 2.44. The standard InChI is InChI=1S/C13H24O2S3/c1-7-12(6,14-17-11-5)18-15-13(8-2,9-3)16-10-4/h10-11H,4-5,7-9H2,1-3,6H3. The van der Waals surface area contributed by atoms with Crippen LogP contribution in [0.5, 0.6) is 0 Å². The number of hydrogen-bond donors (Lipinski definition) is 0. The zero-order valence-electron chi connectivity index (χ0n) is 11.7. The molecule has 0 aromatic heterocycles. The molecule has 0 bridgehead atoms.